The Kier molecular flexibility index (Phi) is 10.3. The van der Waals surface area contributed by atoms with Crippen molar-refractivity contribution in [3.8, 4) is 5.75 Å². The van der Waals surface area contributed by atoms with Crippen molar-refractivity contribution in [2.24, 2.45) is 0 Å². The maximum absolute atomic E-state index is 12.7. The zero-order valence-electron chi connectivity index (χ0n) is 18.7. The quantitative estimate of drug-likeness (QED) is 0.148. The molecule has 0 fully saturated rings. The molecule has 1 N–H and O–H groups in total. The number of amides is 1. The first-order valence-corrected chi connectivity index (χ1v) is 13.5. The molecule has 0 spiro atoms. The number of hydrogen-bond donors (Lipinski definition) is 1. The lowest BCUT2D eigenvalue weighted by Crippen LogP contribution is -2.12. The Morgan fingerprint density at radius 3 is 2.45 bits per heavy atom. The summed E-state index contributed by atoms with van der Waals surface area (Å²) in [4.78, 5) is 12.7. The minimum Gasteiger partial charge on any atom is -0.490 e. The number of hydrogen-bond acceptors (Lipinski definition) is 6. The van der Waals surface area contributed by atoms with E-state index >= 15 is 0 Å². The van der Waals surface area contributed by atoms with Crippen LogP contribution < -0.4 is 10.1 Å². The predicted molar refractivity (Wildman–Crippen MR) is 139 cm³/mol. The lowest BCUT2D eigenvalue weighted by atomic mass is 10.2. The molecule has 0 bridgehead atoms. The van der Waals surface area contributed by atoms with Crippen molar-refractivity contribution in [2.75, 3.05) is 11.9 Å². The van der Waals surface area contributed by atoms with Crippen LogP contribution >= 0.6 is 46.3 Å². The molecular weight excluding hydrogens is 497 g/mol. The van der Waals surface area contributed by atoms with Gasteiger partial charge in [-0.25, -0.2) is 0 Å². The maximum atomic E-state index is 12.7. The highest BCUT2D eigenvalue weighted by atomic mass is 35.5. The van der Waals surface area contributed by atoms with Crippen molar-refractivity contribution in [1.29, 1.82) is 0 Å². The Morgan fingerprint density at radius 1 is 1.06 bits per heavy atom. The fourth-order valence-electron chi connectivity index (χ4n) is 3.03. The molecule has 0 unspecified atom stereocenters. The van der Waals surface area contributed by atoms with E-state index in [0.29, 0.717) is 33.1 Å². The molecule has 33 heavy (non-hydrogen) atoms. The van der Waals surface area contributed by atoms with Gasteiger partial charge in [-0.05, 0) is 31.0 Å². The second-order valence-corrected chi connectivity index (χ2v) is 10.6. The summed E-state index contributed by atoms with van der Waals surface area (Å²) in [6.45, 7) is 4.79. The maximum Gasteiger partial charge on any atom is 0.257 e. The van der Waals surface area contributed by atoms with Gasteiger partial charge in [0.1, 0.15) is 0 Å². The third-order valence-electron chi connectivity index (χ3n) is 4.86. The highest BCUT2D eigenvalue weighted by molar-refractivity contribution is 8.00. The molecule has 9 heteroatoms. The van der Waals surface area contributed by atoms with Crippen molar-refractivity contribution in [2.45, 2.75) is 56.0 Å². The summed E-state index contributed by atoms with van der Waals surface area (Å²) in [5.74, 6) is 0.848. The summed E-state index contributed by atoms with van der Waals surface area (Å²) >= 11 is 15.6. The standard InChI is InChI=1S/C24H27Cl2N3O2S2/c1-3-4-5-6-7-12-31-21-19(25)13-18(14-20(21)26)22(30)27-23-28-29-24(33-23)32-15-17-10-8-16(2)9-11-17/h8-11,13-14H,3-7,12,15H2,1-2H3,(H,27,28,30). The lowest BCUT2D eigenvalue weighted by molar-refractivity contribution is 0.102. The summed E-state index contributed by atoms with van der Waals surface area (Å²) in [6.07, 6.45) is 5.67. The van der Waals surface area contributed by atoms with Crippen molar-refractivity contribution in [3.63, 3.8) is 0 Å². The molecule has 0 aliphatic heterocycles. The molecule has 3 rings (SSSR count). The topological polar surface area (TPSA) is 64.1 Å². The van der Waals surface area contributed by atoms with Crippen LogP contribution in [0.2, 0.25) is 10.0 Å². The van der Waals surface area contributed by atoms with E-state index < -0.39 is 0 Å². The number of rotatable bonds is 12. The van der Waals surface area contributed by atoms with Crippen LogP contribution in [-0.4, -0.2) is 22.7 Å². The van der Waals surface area contributed by atoms with E-state index in [9.17, 15) is 4.79 Å². The molecule has 0 radical (unpaired) electrons. The SMILES string of the molecule is CCCCCCCOc1c(Cl)cc(C(=O)Nc2nnc(SCc3ccc(C)cc3)s2)cc1Cl. The molecule has 1 amide bonds. The molecular formula is C24H27Cl2N3O2S2. The van der Waals surface area contributed by atoms with Gasteiger partial charge in [0.05, 0.1) is 16.7 Å². The Bertz CT molecular complexity index is 1040. The third-order valence-corrected chi connectivity index (χ3v) is 7.47. The van der Waals surface area contributed by atoms with Crippen molar-refractivity contribution in [3.05, 3.63) is 63.1 Å². The van der Waals surface area contributed by atoms with Crippen LogP contribution in [0.25, 0.3) is 0 Å². The minimum atomic E-state index is -0.351. The first-order valence-electron chi connectivity index (χ1n) is 10.9. The molecule has 1 aromatic heterocycles. The number of unbranched alkanes of at least 4 members (excludes halogenated alkanes) is 4. The Morgan fingerprint density at radius 2 is 1.76 bits per heavy atom. The predicted octanol–water partition coefficient (Wildman–Crippen LogP) is 8.05. The number of ether oxygens (including phenoxy) is 1. The first-order chi connectivity index (χ1) is 16.0. The number of aromatic nitrogens is 2. The van der Waals surface area contributed by atoms with Crippen LogP contribution in [-0.2, 0) is 5.75 Å². The normalized spacial score (nSPS) is 10.9. The van der Waals surface area contributed by atoms with E-state index in [4.69, 9.17) is 27.9 Å². The van der Waals surface area contributed by atoms with Gasteiger partial charge in [-0.2, -0.15) is 0 Å². The van der Waals surface area contributed by atoms with Crippen LogP contribution in [0.3, 0.4) is 0 Å². The van der Waals surface area contributed by atoms with Crippen LogP contribution in [0.4, 0.5) is 5.13 Å². The Balaban J connectivity index is 1.53. The molecule has 0 saturated carbocycles. The monoisotopic (exact) mass is 523 g/mol. The van der Waals surface area contributed by atoms with E-state index in [1.54, 1.807) is 23.9 Å². The van der Waals surface area contributed by atoms with Crippen molar-refractivity contribution < 1.29 is 9.53 Å². The molecule has 3 aromatic rings. The van der Waals surface area contributed by atoms with Gasteiger partial charge in [0.25, 0.3) is 5.91 Å². The fraction of sp³-hybridized carbons (Fsp3) is 0.375. The molecule has 0 aliphatic rings. The summed E-state index contributed by atoms with van der Waals surface area (Å²) in [5, 5.41) is 12.0. The van der Waals surface area contributed by atoms with E-state index in [2.05, 4.69) is 53.6 Å². The molecule has 0 saturated heterocycles. The largest absolute Gasteiger partial charge is 0.490 e. The minimum absolute atomic E-state index is 0.313. The van der Waals surface area contributed by atoms with Crippen LogP contribution in [0.5, 0.6) is 5.75 Å². The summed E-state index contributed by atoms with van der Waals surface area (Å²) in [6, 6.07) is 11.5. The van der Waals surface area contributed by atoms with Crippen LogP contribution in [0.15, 0.2) is 40.7 Å². The van der Waals surface area contributed by atoms with E-state index in [-0.39, 0.29) is 5.91 Å². The summed E-state index contributed by atoms with van der Waals surface area (Å²) in [7, 11) is 0. The summed E-state index contributed by atoms with van der Waals surface area (Å²) in [5.41, 5.74) is 2.77. The second-order valence-electron chi connectivity index (χ2n) is 7.63. The van der Waals surface area contributed by atoms with Gasteiger partial charge >= 0.3 is 0 Å². The number of nitrogens with one attached hydrogen (secondary N) is 1. The number of benzene rings is 2. The van der Waals surface area contributed by atoms with Crippen molar-refractivity contribution in [1.82, 2.24) is 10.2 Å². The number of thioether (sulfide) groups is 1. The average Bonchev–Trinajstić information content (AvgIpc) is 3.24. The highest BCUT2D eigenvalue weighted by Gasteiger charge is 2.16. The van der Waals surface area contributed by atoms with Gasteiger partial charge < -0.3 is 4.74 Å². The molecule has 2 aromatic carbocycles. The molecule has 1 heterocycles. The number of nitrogens with zero attached hydrogens (tertiary/aromatic N) is 2. The lowest BCUT2D eigenvalue weighted by Gasteiger charge is -2.11. The number of aryl methyl sites for hydroxylation is 1. The van der Waals surface area contributed by atoms with Crippen LogP contribution in [0.1, 0.15) is 60.5 Å². The Labute approximate surface area is 213 Å². The van der Waals surface area contributed by atoms with Crippen LogP contribution in [0, 0.1) is 6.92 Å². The first kappa shape index (κ1) is 25.8. The van der Waals surface area contributed by atoms with Gasteiger partial charge in [0.2, 0.25) is 5.13 Å². The van der Waals surface area contributed by atoms with E-state index in [1.165, 1.54) is 41.7 Å². The molecule has 0 atom stereocenters. The fourth-order valence-corrected chi connectivity index (χ4v) is 5.33. The van der Waals surface area contributed by atoms with Crippen molar-refractivity contribution >= 4 is 57.3 Å². The molecule has 5 nitrogen and oxygen atoms in total. The van der Waals surface area contributed by atoms with Gasteiger partial charge in [-0.3, -0.25) is 10.1 Å². The molecule has 0 aliphatic carbocycles. The summed E-state index contributed by atoms with van der Waals surface area (Å²) < 4.78 is 6.54. The van der Waals surface area contributed by atoms with Gasteiger partial charge in [-0.15, -0.1) is 10.2 Å². The van der Waals surface area contributed by atoms with E-state index in [1.807, 2.05) is 0 Å². The Hall–Kier alpha value is -1.80. The zero-order valence-corrected chi connectivity index (χ0v) is 21.8. The average molecular weight is 525 g/mol. The third kappa shape index (κ3) is 8.18. The number of halogens is 2. The number of carbonyl (C=O) groups is 1. The smallest absolute Gasteiger partial charge is 0.257 e. The number of anilines is 1. The van der Waals surface area contributed by atoms with Gasteiger partial charge in [-0.1, -0.05) is 109 Å². The van der Waals surface area contributed by atoms with Gasteiger partial charge in [0, 0.05) is 11.3 Å². The second kappa shape index (κ2) is 13.2. The number of carbonyl (C=O) groups excluding carboxylic acids is 1. The highest BCUT2D eigenvalue weighted by Crippen LogP contribution is 2.35. The van der Waals surface area contributed by atoms with E-state index in [0.717, 1.165) is 22.9 Å². The van der Waals surface area contributed by atoms with Gasteiger partial charge in [0.15, 0.2) is 10.1 Å². The molecule has 176 valence electrons. The zero-order chi connectivity index (χ0) is 23.6.